The second kappa shape index (κ2) is 24.4. The molecule has 0 aliphatic heterocycles. The molecule has 0 radical (unpaired) electrons. The zero-order valence-corrected chi connectivity index (χ0v) is 27.4. The molecule has 0 unspecified atom stereocenters. The number of rotatable bonds is 17. The van der Waals surface area contributed by atoms with Gasteiger partial charge in [0, 0.05) is 0 Å². The number of aliphatic hydroxyl groups is 1. The predicted molar refractivity (Wildman–Crippen MR) is 187 cm³/mol. The predicted octanol–water partition coefficient (Wildman–Crippen LogP) is 11.9. The molecular formula is C40H56O. The fourth-order valence-electron chi connectivity index (χ4n) is 3.46. The van der Waals surface area contributed by atoms with Crippen LogP contribution in [0, 0.1) is 0 Å². The molecule has 0 fully saturated rings. The summed E-state index contributed by atoms with van der Waals surface area (Å²) in [6.07, 6.45) is 42.0. The Kier molecular flexibility index (Phi) is 22.3. The van der Waals surface area contributed by atoms with Crippen LogP contribution < -0.4 is 0 Å². The Labute approximate surface area is 253 Å². The highest BCUT2D eigenvalue weighted by atomic mass is 16.3. The van der Waals surface area contributed by atoms with E-state index in [1.54, 1.807) is 0 Å². The Morgan fingerprint density at radius 2 is 0.805 bits per heavy atom. The van der Waals surface area contributed by atoms with Crippen molar-refractivity contribution in [1.82, 2.24) is 0 Å². The standard InChI is InChI=1S/C40H56O/c1-33(2)18-12-21-36(6)24-15-27-38(8)26-14-23-35(5)20-10-11-30-40(32-41)31-17-29-39(9)28-16-25-37(7)22-13-19-34(3)4/h10-11,14-20,23-31,41H,12-13,21-22,32H2,1-9H3/b11-10+,23-14+,27-15+,28-16+,31-17+,35-20+,36-24+,37-25+,38-26+,39-29-,40-30-. The lowest BCUT2D eigenvalue weighted by molar-refractivity contribution is 0.335. The highest BCUT2D eigenvalue weighted by Crippen LogP contribution is 2.09. The highest BCUT2D eigenvalue weighted by Gasteiger charge is 1.89. The molecule has 0 bridgehead atoms. The molecular weight excluding hydrogens is 496 g/mol. The maximum Gasteiger partial charge on any atom is 0.0681 e. The number of hydrogen-bond acceptors (Lipinski definition) is 1. The molecule has 1 nitrogen and oxygen atoms in total. The van der Waals surface area contributed by atoms with Gasteiger partial charge in [0.25, 0.3) is 0 Å². The third-order valence-electron chi connectivity index (χ3n) is 6.01. The van der Waals surface area contributed by atoms with Crippen LogP contribution in [0.4, 0.5) is 0 Å². The van der Waals surface area contributed by atoms with E-state index in [0.717, 1.165) is 42.4 Å². The zero-order valence-electron chi connectivity index (χ0n) is 27.4. The summed E-state index contributed by atoms with van der Waals surface area (Å²) in [5.41, 5.74) is 9.91. The summed E-state index contributed by atoms with van der Waals surface area (Å²) in [4.78, 5) is 0. The van der Waals surface area contributed by atoms with Gasteiger partial charge in [0.2, 0.25) is 0 Å². The molecule has 0 aromatic rings. The SMILES string of the molecule is CC(C)=CCC/C(C)=C/C=C/C(C)=C\C=C\C(=C\C=C\C=C(C)\C=C\C=C(C)\C=C\C=C(/C)CCC=C(C)C)CO. The first-order chi connectivity index (χ1) is 19.5. The van der Waals surface area contributed by atoms with Gasteiger partial charge in [-0.05, 0) is 93.6 Å². The largest absolute Gasteiger partial charge is 0.392 e. The summed E-state index contributed by atoms with van der Waals surface area (Å²) < 4.78 is 0. The maximum absolute atomic E-state index is 9.68. The van der Waals surface area contributed by atoms with Crippen molar-refractivity contribution in [2.24, 2.45) is 0 Å². The second-order valence-electron chi connectivity index (χ2n) is 11.1. The van der Waals surface area contributed by atoms with Crippen molar-refractivity contribution >= 4 is 0 Å². The van der Waals surface area contributed by atoms with Crippen LogP contribution in [0.5, 0.6) is 0 Å². The fraction of sp³-hybridized carbons (Fsp3) is 0.350. The lowest BCUT2D eigenvalue weighted by Gasteiger charge is -1.97. The summed E-state index contributed by atoms with van der Waals surface area (Å²) in [5, 5.41) is 9.68. The molecule has 0 amide bonds. The first-order valence-corrected chi connectivity index (χ1v) is 14.8. The number of allylic oxidation sites excluding steroid dienone is 24. The van der Waals surface area contributed by atoms with Gasteiger partial charge in [-0.2, -0.15) is 0 Å². The molecule has 0 aliphatic carbocycles. The average Bonchev–Trinajstić information content (AvgIpc) is 2.89. The zero-order chi connectivity index (χ0) is 30.9. The van der Waals surface area contributed by atoms with Crippen molar-refractivity contribution in [2.45, 2.75) is 88.0 Å². The Hall–Kier alpha value is -3.42. The van der Waals surface area contributed by atoms with Crippen molar-refractivity contribution in [3.8, 4) is 0 Å². The van der Waals surface area contributed by atoms with Gasteiger partial charge in [-0.1, -0.05) is 148 Å². The van der Waals surface area contributed by atoms with Gasteiger partial charge < -0.3 is 5.11 Å². The van der Waals surface area contributed by atoms with Crippen LogP contribution in [0.2, 0.25) is 0 Å². The Morgan fingerprint density at radius 3 is 1.22 bits per heavy atom. The van der Waals surface area contributed by atoms with Crippen LogP contribution in [0.15, 0.2) is 154 Å². The average molecular weight is 553 g/mol. The monoisotopic (exact) mass is 552 g/mol. The summed E-state index contributed by atoms with van der Waals surface area (Å²) in [7, 11) is 0. The van der Waals surface area contributed by atoms with E-state index in [0.29, 0.717) is 0 Å². The van der Waals surface area contributed by atoms with Crippen LogP contribution >= 0.6 is 0 Å². The van der Waals surface area contributed by atoms with E-state index in [2.05, 4.69) is 141 Å². The fourth-order valence-corrected chi connectivity index (χ4v) is 3.46. The summed E-state index contributed by atoms with van der Waals surface area (Å²) in [6, 6.07) is 0. The molecule has 1 heteroatoms. The molecule has 0 spiro atoms. The molecule has 0 aromatic heterocycles. The molecule has 0 aromatic carbocycles. The van der Waals surface area contributed by atoms with Crippen LogP contribution in [0.3, 0.4) is 0 Å². The molecule has 0 atom stereocenters. The van der Waals surface area contributed by atoms with Crippen LogP contribution in [0.1, 0.15) is 88.0 Å². The van der Waals surface area contributed by atoms with Crippen molar-refractivity contribution in [3.05, 3.63) is 154 Å². The van der Waals surface area contributed by atoms with Crippen molar-refractivity contribution in [2.75, 3.05) is 6.61 Å². The number of aliphatic hydroxyl groups excluding tert-OH is 1. The van der Waals surface area contributed by atoms with E-state index in [9.17, 15) is 5.11 Å². The van der Waals surface area contributed by atoms with E-state index in [1.807, 2.05) is 30.4 Å². The molecule has 1 N–H and O–H groups in total. The van der Waals surface area contributed by atoms with Crippen LogP contribution in [0.25, 0.3) is 0 Å². The summed E-state index contributed by atoms with van der Waals surface area (Å²) >= 11 is 0. The minimum atomic E-state index is 0.00153. The van der Waals surface area contributed by atoms with Gasteiger partial charge in [-0.25, -0.2) is 0 Å². The molecule has 41 heavy (non-hydrogen) atoms. The number of hydrogen-bond donors (Lipinski definition) is 1. The Balaban J connectivity index is 4.84. The molecule has 0 heterocycles. The molecule has 0 saturated heterocycles. The third-order valence-corrected chi connectivity index (χ3v) is 6.01. The van der Waals surface area contributed by atoms with Gasteiger partial charge in [-0.15, -0.1) is 0 Å². The molecule has 0 saturated carbocycles. The van der Waals surface area contributed by atoms with Crippen molar-refractivity contribution in [1.29, 1.82) is 0 Å². The summed E-state index contributed by atoms with van der Waals surface area (Å²) in [5.74, 6) is 0. The quantitative estimate of drug-likeness (QED) is 0.140. The third kappa shape index (κ3) is 25.3. The van der Waals surface area contributed by atoms with Crippen molar-refractivity contribution in [3.63, 3.8) is 0 Å². The van der Waals surface area contributed by atoms with E-state index in [1.165, 1.54) is 27.9 Å². The second-order valence-corrected chi connectivity index (χ2v) is 11.1. The Morgan fingerprint density at radius 1 is 0.439 bits per heavy atom. The minimum Gasteiger partial charge on any atom is -0.392 e. The molecule has 0 rings (SSSR count). The lowest BCUT2D eigenvalue weighted by Crippen LogP contribution is -1.84. The van der Waals surface area contributed by atoms with Gasteiger partial charge in [0.15, 0.2) is 0 Å². The Bertz CT molecular complexity index is 1160. The first kappa shape index (κ1) is 37.6. The lowest BCUT2D eigenvalue weighted by atomic mass is 10.1. The highest BCUT2D eigenvalue weighted by molar-refractivity contribution is 5.33. The van der Waals surface area contributed by atoms with E-state index < -0.39 is 0 Å². The van der Waals surface area contributed by atoms with Gasteiger partial charge in [-0.3, -0.25) is 0 Å². The van der Waals surface area contributed by atoms with Gasteiger partial charge in [0.1, 0.15) is 0 Å². The van der Waals surface area contributed by atoms with Gasteiger partial charge >= 0.3 is 0 Å². The van der Waals surface area contributed by atoms with E-state index >= 15 is 0 Å². The smallest absolute Gasteiger partial charge is 0.0681 e. The van der Waals surface area contributed by atoms with Gasteiger partial charge in [0.05, 0.1) is 6.61 Å². The van der Waals surface area contributed by atoms with E-state index in [4.69, 9.17) is 0 Å². The van der Waals surface area contributed by atoms with Crippen LogP contribution in [-0.4, -0.2) is 11.7 Å². The van der Waals surface area contributed by atoms with Crippen LogP contribution in [-0.2, 0) is 0 Å². The normalized spacial score (nSPS) is 15.0. The molecule has 0 aliphatic rings. The van der Waals surface area contributed by atoms with Crippen molar-refractivity contribution < 1.29 is 5.11 Å². The maximum atomic E-state index is 9.68. The minimum absolute atomic E-state index is 0.00153. The summed E-state index contributed by atoms with van der Waals surface area (Å²) in [6.45, 7) is 19.2. The molecule has 222 valence electrons. The first-order valence-electron chi connectivity index (χ1n) is 14.8. The topological polar surface area (TPSA) is 20.2 Å². The van der Waals surface area contributed by atoms with E-state index in [-0.39, 0.29) is 6.61 Å².